The minimum atomic E-state index is 0.230. The Balaban J connectivity index is 1.70. The fourth-order valence-corrected chi connectivity index (χ4v) is 2.81. The first-order valence-corrected chi connectivity index (χ1v) is 7.17. The van der Waals surface area contributed by atoms with E-state index in [-0.39, 0.29) is 5.91 Å². The first-order chi connectivity index (χ1) is 9.72. The summed E-state index contributed by atoms with van der Waals surface area (Å²) in [5, 5.41) is 0.726. The molecule has 1 fully saturated rings. The van der Waals surface area contributed by atoms with Crippen molar-refractivity contribution in [1.29, 1.82) is 0 Å². The van der Waals surface area contributed by atoms with Gasteiger partial charge in [0.1, 0.15) is 0 Å². The second-order valence-electron chi connectivity index (χ2n) is 5.21. The number of amides is 1. The lowest BCUT2D eigenvalue weighted by Gasteiger charge is -2.17. The maximum absolute atomic E-state index is 12.1. The first kappa shape index (κ1) is 13.2. The molecule has 2 aromatic carbocycles. The monoisotopic (exact) mass is 285 g/mol. The Kier molecular flexibility index (Phi) is 3.75. The number of nitrogens with zero attached hydrogens (tertiary/aromatic N) is 1. The minimum Gasteiger partial charge on any atom is -0.338 e. The van der Waals surface area contributed by atoms with Crippen molar-refractivity contribution >= 4 is 17.5 Å². The van der Waals surface area contributed by atoms with E-state index in [4.69, 9.17) is 11.6 Å². The van der Waals surface area contributed by atoms with Gasteiger partial charge in [-0.05, 0) is 23.3 Å². The maximum atomic E-state index is 12.1. The SMILES string of the molecule is O=C1CC(c2ccccc2)CN1Cc1ccc(Cl)cc1. The third-order valence-corrected chi connectivity index (χ3v) is 4.02. The molecule has 102 valence electrons. The summed E-state index contributed by atoms with van der Waals surface area (Å²) in [6.07, 6.45) is 0.609. The normalized spacial score (nSPS) is 18.6. The van der Waals surface area contributed by atoms with Gasteiger partial charge in [-0.3, -0.25) is 4.79 Å². The van der Waals surface area contributed by atoms with Crippen LogP contribution in [0, 0.1) is 0 Å². The summed E-state index contributed by atoms with van der Waals surface area (Å²) in [6, 6.07) is 18.0. The number of hydrogen-bond acceptors (Lipinski definition) is 1. The molecule has 0 spiro atoms. The Labute approximate surface area is 124 Å². The van der Waals surface area contributed by atoms with Crippen LogP contribution in [-0.4, -0.2) is 17.4 Å². The van der Waals surface area contributed by atoms with Crippen LogP contribution in [0.1, 0.15) is 23.5 Å². The topological polar surface area (TPSA) is 20.3 Å². The Morgan fingerprint density at radius 1 is 1.05 bits per heavy atom. The van der Waals surface area contributed by atoms with Gasteiger partial charge in [0.2, 0.25) is 5.91 Å². The lowest BCUT2D eigenvalue weighted by molar-refractivity contribution is -0.128. The van der Waals surface area contributed by atoms with Crippen molar-refractivity contribution in [3.05, 3.63) is 70.7 Å². The molecule has 1 atom stereocenters. The Morgan fingerprint density at radius 3 is 2.45 bits per heavy atom. The standard InChI is InChI=1S/C17H16ClNO/c18-16-8-6-13(7-9-16)11-19-12-15(10-17(19)20)14-4-2-1-3-5-14/h1-9,15H,10-12H2. The molecule has 3 heteroatoms. The van der Waals surface area contributed by atoms with E-state index in [1.165, 1.54) is 5.56 Å². The van der Waals surface area contributed by atoms with Crippen LogP contribution in [0.15, 0.2) is 54.6 Å². The molecule has 2 aromatic rings. The van der Waals surface area contributed by atoms with Crippen LogP contribution in [0.2, 0.25) is 5.02 Å². The number of hydrogen-bond donors (Lipinski definition) is 0. The summed E-state index contributed by atoms with van der Waals surface area (Å²) < 4.78 is 0. The molecule has 1 amide bonds. The van der Waals surface area contributed by atoms with E-state index in [0.29, 0.717) is 18.9 Å². The molecule has 0 saturated carbocycles. The van der Waals surface area contributed by atoms with E-state index in [1.807, 2.05) is 47.4 Å². The number of carbonyl (C=O) groups is 1. The van der Waals surface area contributed by atoms with Gasteiger partial charge >= 0.3 is 0 Å². The zero-order valence-corrected chi connectivity index (χ0v) is 11.9. The van der Waals surface area contributed by atoms with Gasteiger partial charge in [-0.25, -0.2) is 0 Å². The van der Waals surface area contributed by atoms with Crippen LogP contribution < -0.4 is 0 Å². The van der Waals surface area contributed by atoms with Gasteiger partial charge in [-0.1, -0.05) is 54.1 Å². The molecule has 0 radical (unpaired) electrons. The number of carbonyl (C=O) groups excluding carboxylic acids is 1. The number of benzene rings is 2. The second-order valence-corrected chi connectivity index (χ2v) is 5.65. The van der Waals surface area contributed by atoms with Crippen LogP contribution in [0.4, 0.5) is 0 Å². The molecule has 1 heterocycles. The second kappa shape index (κ2) is 5.68. The molecule has 1 aliphatic rings. The quantitative estimate of drug-likeness (QED) is 0.839. The van der Waals surface area contributed by atoms with Gasteiger partial charge in [0.25, 0.3) is 0 Å². The lowest BCUT2D eigenvalue weighted by atomic mass is 9.99. The van der Waals surface area contributed by atoms with E-state index >= 15 is 0 Å². The van der Waals surface area contributed by atoms with Gasteiger partial charge in [-0.2, -0.15) is 0 Å². The van der Waals surface area contributed by atoms with Gasteiger partial charge in [0.05, 0.1) is 0 Å². The van der Waals surface area contributed by atoms with Crippen molar-refractivity contribution in [2.24, 2.45) is 0 Å². The van der Waals surface area contributed by atoms with Crippen LogP contribution in [-0.2, 0) is 11.3 Å². The number of halogens is 1. The third kappa shape index (κ3) is 2.86. The van der Waals surface area contributed by atoms with E-state index in [0.717, 1.165) is 17.1 Å². The highest BCUT2D eigenvalue weighted by molar-refractivity contribution is 6.30. The van der Waals surface area contributed by atoms with Gasteiger partial charge in [-0.15, -0.1) is 0 Å². The molecule has 3 rings (SSSR count). The van der Waals surface area contributed by atoms with Crippen LogP contribution in [0.3, 0.4) is 0 Å². The Hall–Kier alpha value is -1.80. The smallest absolute Gasteiger partial charge is 0.223 e. The summed E-state index contributed by atoms with van der Waals surface area (Å²) in [6.45, 7) is 1.46. The van der Waals surface area contributed by atoms with E-state index < -0.39 is 0 Å². The van der Waals surface area contributed by atoms with Crippen molar-refractivity contribution in [2.45, 2.75) is 18.9 Å². The molecular weight excluding hydrogens is 270 g/mol. The summed E-state index contributed by atoms with van der Waals surface area (Å²) in [4.78, 5) is 14.1. The maximum Gasteiger partial charge on any atom is 0.223 e. The molecule has 0 N–H and O–H groups in total. The van der Waals surface area contributed by atoms with Gasteiger partial charge in [0, 0.05) is 30.5 Å². The third-order valence-electron chi connectivity index (χ3n) is 3.77. The van der Waals surface area contributed by atoms with E-state index in [1.54, 1.807) is 0 Å². The molecular formula is C17H16ClNO. The molecule has 0 bridgehead atoms. The summed E-state index contributed by atoms with van der Waals surface area (Å²) in [7, 11) is 0. The Bertz CT molecular complexity index is 594. The summed E-state index contributed by atoms with van der Waals surface area (Å²) in [5.74, 6) is 0.546. The molecule has 1 unspecified atom stereocenters. The number of rotatable bonds is 3. The minimum absolute atomic E-state index is 0.230. The molecule has 2 nitrogen and oxygen atoms in total. The Morgan fingerprint density at radius 2 is 1.75 bits per heavy atom. The molecule has 1 saturated heterocycles. The van der Waals surface area contributed by atoms with Gasteiger partial charge < -0.3 is 4.90 Å². The predicted molar refractivity (Wildman–Crippen MR) is 80.7 cm³/mol. The average Bonchev–Trinajstić information content (AvgIpc) is 2.84. The van der Waals surface area contributed by atoms with E-state index in [2.05, 4.69) is 12.1 Å². The van der Waals surface area contributed by atoms with Crippen molar-refractivity contribution < 1.29 is 4.79 Å². The zero-order valence-electron chi connectivity index (χ0n) is 11.1. The fourth-order valence-electron chi connectivity index (χ4n) is 2.68. The van der Waals surface area contributed by atoms with Crippen LogP contribution in [0.5, 0.6) is 0 Å². The highest BCUT2D eigenvalue weighted by atomic mass is 35.5. The lowest BCUT2D eigenvalue weighted by Crippen LogP contribution is -2.24. The zero-order chi connectivity index (χ0) is 13.9. The summed E-state index contributed by atoms with van der Waals surface area (Å²) in [5.41, 5.74) is 2.37. The van der Waals surface area contributed by atoms with Crippen molar-refractivity contribution in [2.75, 3.05) is 6.54 Å². The van der Waals surface area contributed by atoms with E-state index in [9.17, 15) is 4.79 Å². The van der Waals surface area contributed by atoms with Crippen molar-refractivity contribution in [1.82, 2.24) is 4.90 Å². The summed E-state index contributed by atoms with van der Waals surface area (Å²) >= 11 is 5.88. The predicted octanol–water partition coefficient (Wildman–Crippen LogP) is 3.86. The van der Waals surface area contributed by atoms with Gasteiger partial charge in [0.15, 0.2) is 0 Å². The molecule has 0 aliphatic carbocycles. The average molecular weight is 286 g/mol. The highest BCUT2D eigenvalue weighted by Crippen LogP contribution is 2.29. The van der Waals surface area contributed by atoms with Crippen molar-refractivity contribution in [3.8, 4) is 0 Å². The first-order valence-electron chi connectivity index (χ1n) is 6.79. The largest absolute Gasteiger partial charge is 0.338 e. The van der Waals surface area contributed by atoms with Crippen LogP contribution in [0.25, 0.3) is 0 Å². The van der Waals surface area contributed by atoms with Crippen LogP contribution >= 0.6 is 11.6 Å². The number of likely N-dealkylation sites (tertiary alicyclic amines) is 1. The highest BCUT2D eigenvalue weighted by Gasteiger charge is 2.30. The molecule has 20 heavy (non-hydrogen) atoms. The fraction of sp³-hybridized carbons (Fsp3) is 0.235. The van der Waals surface area contributed by atoms with Crippen molar-refractivity contribution in [3.63, 3.8) is 0 Å². The molecule has 1 aliphatic heterocycles. The molecule has 0 aromatic heterocycles.